The zero-order chi connectivity index (χ0) is 20.6. The van der Waals surface area contributed by atoms with E-state index in [1.54, 1.807) is 0 Å². The lowest BCUT2D eigenvalue weighted by Gasteiger charge is -2.15. The van der Waals surface area contributed by atoms with Crippen molar-refractivity contribution in [2.24, 2.45) is 0 Å². The fourth-order valence-electron chi connectivity index (χ4n) is 2.48. The Hall–Kier alpha value is -3.44. The number of nitrogens with zero attached hydrogens (tertiary/aromatic N) is 2. The lowest BCUT2D eigenvalue weighted by atomic mass is 10.2. The average molecular weight is 406 g/mol. The van der Waals surface area contributed by atoms with E-state index in [0.29, 0.717) is 13.2 Å². The summed E-state index contributed by atoms with van der Waals surface area (Å²) >= 11 is 0. The molecule has 1 aliphatic heterocycles. The third-order valence-electron chi connectivity index (χ3n) is 3.84. The summed E-state index contributed by atoms with van der Waals surface area (Å²) in [7, 11) is 0. The van der Waals surface area contributed by atoms with Gasteiger partial charge in [-0.1, -0.05) is 0 Å². The van der Waals surface area contributed by atoms with Gasteiger partial charge in [0, 0.05) is 12.1 Å². The second-order valence-electron chi connectivity index (χ2n) is 5.80. The first-order valence-electron chi connectivity index (χ1n) is 8.70. The van der Waals surface area contributed by atoms with E-state index in [-0.39, 0.29) is 60.8 Å². The fraction of sp³-hybridized carbons (Fsp3) is 0.333. The number of rotatable bonds is 2. The summed E-state index contributed by atoms with van der Waals surface area (Å²) in [5.74, 6) is 0.497. The Labute approximate surface area is 165 Å². The number of nitro groups is 2. The molecule has 2 aromatic rings. The van der Waals surface area contributed by atoms with E-state index in [9.17, 15) is 20.2 Å². The molecule has 0 saturated heterocycles. The molecule has 0 atom stereocenters. The molecule has 0 aliphatic carbocycles. The molecule has 1 aliphatic rings. The molecule has 0 fully saturated rings. The van der Waals surface area contributed by atoms with Crippen LogP contribution in [0.5, 0.6) is 23.0 Å². The van der Waals surface area contributed by atoms with Gasteiger partial charge in [0.05, 0.1) is 48.4 Å². The van der Waals surface area contributed by atoms with Crippen molar-refractivity contribution in [3.05, 3.63) is 56.6 Å². The molecule has 0 unspecified atom stereocenters. The maximum absolute atomic E-state index is 11.1. The molecule has 0 aromatic heterocycles. The third-order valence-corrected chi connectivity index (χ3v) is 3.84. The normalized spacial score (nSPS) is 15.2. The highest BCUT2D eigenvalue weighted by Crippen LogP contribution is 2.40. The number of hydrogen-bond donors (Lipinski definition) is 0. The Bertz CT molecular complexity index is 816. The van der Waals surface area contributed by atoms with Crippen molar-refractivity contribution in [3.8, 4) is 23.0 Å². The molecule has 11 nitrogen and oxygen atoms in total. The maximum atomic E-state index is 11.1. The van der Waals surface area contributed by atoms with Crippen molar-refractivity contribution >= 4 is 11.4 Å². The number of nitro benzene ring substituents is 2. The smallest absolute Gasteiger partial charge is 0.273 e. The van der Waals surface area contributed by atoms with E-state index in [2.05, 4.69) is 0 Å². The van der Waals surface area contributed by atoms with Gasteiger partial charge in [0.1, 0.15) is 13.2 Å². The molecule has 0 N–H and O–H groups in total. The van der Waals surface area contributed by atoms with Crippen molar-refractivity contribution in [1.82, 2.24) is 0 Å². The second-order valence-corrected chi connectivity index (χ2v) is 5.80. The van der Waals surface area contributed by atoms with Crippen molar-refractivity contribution in [3.63, 3.8) is 0 Å². The van der Waals surface area contributed by atoms with Crippen molar-refractivity contribution in [1.29, 1.82) is 0 Å². The fourth-order valence-corrected chi connectivity index (χ4v) is 2.48. The van der Waals surface area contributed by atoms with Crippen molar-refractivity contribution in [2.75, 3.05) is 39.6 Å². The Balaban J connectivity index is 1.99. The van der Waals surface area contributed by atoms with Crippen LogP contribution in [0.1, 0.15) is 0 Å². The van der Waals surface area contributed by atoms with E-state index < -0.39 is 9.85 Å². The molecule has 0 amide bonds. The quantitative estimate of drug-likeness (QED) is 0.545. The molecule has 0 bridgehead atoms. The molecule has 11 heteroatoms. The second kappa shape index (κ2) is 9.66. The van der Waals surface area contributed by atoms with Gasteiger partial charge in [-0.3, -0.25) is 20.2 Å². The molecule has 1 heterocycles. The highest BCUT2D eigenvalue weighted by atomic mass is 16.6. The monoisotopic (exact) mass is 406 g/mol. The van der Waals surface area contributed by atoms with Crippen LogP contribution in [-0.2, 0) is 9.47 Å². The number of fused-ring (bicyclic) bond motifs is 2. The summed E-state index contributed by atoms with van der Waals surface area (Å²) in [6.45, 7) is 1.64. The SMILES string of the molecule is O=[N+]([O-])c1ccc2c(c1)Oc1cc([N+](=O)[O-])ccc1OCCOCCOCCO2. The largest absolute Gasteiger partial charge is 0.487 e. The number of hydrogen-bond acceptors (Lipinski definition) is 9. The van der Waals surface area contributed by atoms with E-state index in [1.807, 2.05) is 0 Å². The number of non-ortho nitro benzene ring substituents is 2. The highest BCUT2D eigenvalue weighted by molar-refractivity contribution is 5.54. The summed E-state index contributed by atoms with van der Waals surface area (Å²) in [6.07, 6.45) is 0. The van der Waals surface area contributed by atoms with Crippen LogP contribution in [0.3, 0.4) is 0 Å². The molecule has 0 spiro atoms. The van der Waals surface area contributed by atoms with E-state index in [1.165, 1.54) is 36.4 Å². The standard InChI is InChI=1S/C18H18N2O9/c21-19(22)13-1-3-15-17(11-13)29-18-12-14(20(23)24)2-4-16(18)28-10-8-26-6-5-25-7-9-27-15/h1-4,11-12H,5-10H2. The van der Waals surface area contributed by atoms with Crippen LogP contribution < -0.4 is 14.2 Å². The molecule has 29 heavy (non-hydrogen) atoms. The van der Waals surface area contributed by atoms with E-state index >= 15 is 0 Å². The summed E-state index contributed by atoms with van der Waals surface area (Å²) < 4.78 is 27.7. The zero-order valence-corrected chi connectivity index (χ0v) is 15.3. The van der Waals surface area contributed by atoms with Gasteiger partial charge >= 0.3 is 0 Å². The molecule has 154 valence electrons. The predicted molar refractivity (Wildman–Crippen MR) is 98.9 cm³/mol. The van der Waals surface area contributed by atoms with E-state index in [0.717, 1.165) is 0 Å². The number of benzene rings is 2. The predicted octanol–water partition coefficient (Wildman–Crippen LogP) is 3.10. The van der Waals surface area contributed by atoms with E-state index in [4.69, 9.17) is 23.7 Å². The Morgan fingerprint density at radius 1 is 0.621 bits per heavy atom. The minimum atomic E-state index is -0.579. The molecular weight excluding hydrogens is 388 g/mol. The lowest BCUT2D eigenvalue weighted by Crippen LogP contribution is -2.13. The van der Waals surface area contributed by atoms with Crippen molar-refractivity contribution < 1.29 is 33.5 Å². The molecule has 0 saturated carbocycles. The first kappa shape index (κ1) is 20.3. The minimum absolute atomic E-state index is 0.0238. The Morgan fingerprint density at radius 2 is 1.03 bits per heavy atom. The van der Waals surface area contributed by atoms with Crippen LogP contribution in [0.2, 0.25) is 0 Å². The lowest BCUT2D eigenvalue weighted by molar-refractivity contribution is -0.385. The van der Waals surface area contributed by atoms with Gasteiger partial charge in [-0.2, -0.15) is 0 Å². The van der Waals surface area contributed by atoms with Gasteiger partial charge in [-0.05, 0) is 12.1 Å². The highest BCUT2D eigenvalue weighted by Gasteiger charge is 2.19. The molecule has 0 radical (unpaired) electrons. The molecular formula is C18H18N2O9. The first-order chi connectivity index (χ1) is 14.0. The Morgan fingerprint density at radius 3 is 1.45 bits per heavy atom. The molecule has 2 aromatic carbocycles. The summed E-state index contributed by atoms with van der Waals surface area (Å²) in [4.78, 5) is 21.1. The number of ether oxygens (including phenoxy) is 5. The topological polar surface area (TPSA) is 132 Å². The van der Waals surface area contributed by atoms with Gasteiger partial charge < -0.3 is 23.7 Å². The zero-order valence-electron chi connectivity index (χ0n) is 15.3. The summed E-state index contributed by atoms with van der Waals surface area (Å²) in [5, 5.41) is 22.3. The van der Waals surface area contributed by atoms with Gasteiger partial charge in [0.15, 0.2) is 23.0 Å². The Kier molecular flexibility index (Phi) is 6.76. The van der Waals surface area contributed by atoms with Gasteiger partial charge in [0.25, 0.3) is 11.4 Å². The van der Waals surface area contributed by atoms with Crippen LogP contribution in [0.15, 0.2) is 36.4 Å². The van der Waals surface area contributed by atoms with Gasteiger partial charge in [-0.25, -0.2) is 0 Å². The average Bonchev–Trinajstić information content (AvgIpc) is 2.70. The van der Waals surface area contributed by atoms with Crippen LogP contribution in [0.25, 0.3) is 0 Å². The first-order valence-corrected chi connectivity index (χ1v) is 8.70. The third kappa shape index (κ3) is 5.53. The minimum Gasteiger partial charge on any atom is -0.487 e. The maximum Gasteiger partial charge on any atom is 0.273 e. The van der Waals surface area contributed by atoms with Gasteiger partial charge in [-0.15, -0.1) is 0 Å². The van der Waals surface area contributed by atoms with Crippen LogP contribution in [0, 0.1) is 20.2 Å². The van der Waals surface area contributed by atoms with Crippen LogP contribution in [-0.4, -0.2) is 49.5 Å². The van der Waals surface area contributed by atoms with Crippen LogP contribution in [0.4, 0.5) is 11.4 Å². The summed E-state index contributed by atoms with van der Waals surface area (Å²) in [6, 6.07) is 7.70. The summed E-state index contributed by atoms with van der Waals surface area (Å²) in [5.41, 5.74) is -0.439. The van der Waals surface area contributed by atoms with Crippen molar-refractivity contribution in [2.45, 2.75) is 0 Å². The van der Waals surface area contributed by atoms with Gasteiger partial charge in [0.2, 0.25) is 0 Å². The van der Waals surface area contributed by atoms with Crippen LogP contribution >= 0.6 is 0 Å². The molecule has 3 rings (SSSR count).